The van der Waals surface area contributed by atoms with Crippen LogP contribution in [0.1, 0.15) is 33.1 Å². The Morgan fingerprint density at radius 3 is 2.45 bits per heavy atom. The third-order valence-corrected chi connectivity index (χ3v) is 1.81. The van der Waals surface area contributed by atoms with E-state index >= 15 is 0 Å². The Labute approximate surface area is 69.8 Å². The molecule has 0 saturated carbocycles. The van der Waals surface area contributed by atoms with Gasteiger partial charge in [-0.25, -0.2) is 0 Å². The minimum atomic E-state index is 0.664. The van der Waals surface area contributed by atoms with Crippen molar-refractivity contribution in [3.63, 3.8) is 0 Å². The van der Waals surface area contributed by atoms with Gasteiger partial charge in [-0.15, -0.1) is 0 Å². The van der Waals surface area contributed by atoms with E-state index in [0.717, 1.165) is 19.6 Å². The summed E-state index contributed by atoms with van der Waals surface area (Å²) in [6.45, 7) is 7.49. The summed E-state index contributed by atoms with van der Waals surface area (Å²) in [4.78, 5) is 2.33. The fourth-order valence-electron chi connectivity index (χ4n) is 1.02. The van der Waals surface area contributed by atoms with Gasteiger partial charge in [-0.3, -0.25) is 0 Å². The first-order valence-electron chi connectivity index (χ1n) is 4.44. The van der Waals surface area contributed by atoms with Gasteiger partial charge in [0.25, 0.3) is 0 Å². The van der Waals surface area contributed by atoms with Crippen molar-refractivity contribution < 1.29 is 0 Å². The molecule has 0 aromatic rings. The van der Waals surface area contributed by atoms with Gasteiger partial charge in [0.1, 0.15) is 0 Å². The molecule has 0 saturated heterocycles. The average Bonchev–Trinajstić information content (AvgIpc) is 2.05. The minimum absolute atomic E-state index is 0.664. The molecule has 0 radical (unpaired) electrons. The maximum Gasteiger partial charge on any atom is 0.0635 e. The standard InChI is InChI=1S/C9H18N2/c1-3-5-8-11(4-2)9-6-7-10/h3-6,8-9H2,1-2H3. The van der Waals surface area contributed by atoms with Crippen LogP contribution in [0.15, 0.2) is 0 Å². The highest BCUT2D eigenvalue weighted by Crippen LogP contribution is 1.95. The second-order valence-corrected chi connectivity index (χ2v) is 2.70. The van der Waals surface area contributed by atoms with Crippen LogP contribution < -0.4 is 0 Å². The van der Waals surface area contributed by atoms with Gasteiger partial charge >= 0.3 is 0 Å². The van der Waals surface area contributed by atoms with Crippen LogP contribution in [0.3, 0.4) is 0 Å². The largest absolute Gasteiger partial charge is 0.303 e. The molecular formula is C9H18N2. The molecule has 0 rings (SSSR count). The van der Waals surface area contributed by atoms with Crippen molar-refractivity contribution in [1.82, 2.24) is 4.90 Å². The number of rotatable bonds is 6. The zero-order valence-electron chi connectivity index (χ0n) is 7.64. The van der Waals surface area contributed by atoms with Crippen molar-refractivity contribution >= 4 is 0 Å². The van der Waals surface area contributed by atoms with Gasteiger partial charge in [0, 0.05) is 13.0 Å². The second-order valence-electron chi connectivity index (χ2n) is 2.70. The van der Waals surface area contributed by atoms with Gasteiger partial charge in [0.15, 0.2) is 0 Å². The molecule has 11 heavy (non-hydrogen) atoms. The summed E-state index contributed by atoms with van der Waals surface area (Å²) >= 11 is 0. The number of nitriles is 1. The lowest BCUT2D eigenvalue weighted by Crippen LogP contribution is -2.25. The van der Waals surface area contributed by atoms with Gasteiger partial charge in [-0.1, -0.05) is 20.3 Å². The third-order valence-electron chi connectivity index (χ3n) is 1.81. The summed E-state index contributed by atoms with van der Waals surface area (Å²) in [6.07, 6.45) is 3.15. The molecule has 2 heteroatoms. The predicted octanol–water partition coefficient (Wildman–Crippen LogP) is 2.02. The van der Waals surface area contributed by atoms with Crippen LogP contribution in [0, 0.1) is 11.3 Å². The highest BCUT2D eigenvalue weighted by molar-refractivity contribution is 4.71. The van der Waals surface area contributed by atoms with E-state index in [1.165, 1.54) is 12.8 Å². The molecule has 0 aliphatic rings. The minimum Gasteiger partial charge on any atom is -0.303 e. The highest BCUT2D eigenvalue weighted by Gasteiger charge is 1.98. The molecule has 0 amide bonds. The van der Waals surface area contributed by atoms with Crippen LogP contribution in [-0.4, -0.2) is 24.5 Å². The van der Waals surface area contributed by atoms with Crippen LogP contribution in [0.2, 0.25) is 0 Å². The Morgan fingerprint density at radius 1 is 1.27 bits per heavy atom. The van der Waals surface area contributed by atoms with Crippen LogP contribution in [-0.2, 0) is 0 Å². The number of hydrogen-bond acceptors (Lipinski definition) is 2. The molecule has 0 atom stereocenters. The lowest BCUT2D eigenvalue weighted by atomic mass is 10.3. The normalized spacial score (nSPS) is 10.0. The van der Waals surface area contributed by atoms with E-state index in [4.69, 9.17) is 5.26 Å². The van der Waals surface area contributed by atoms with E-state index in [1.807, 2.05) is 0 Å². The lowest BCUT2D eigenvalue weighted by Gasteiger charge is -2.17. The third kappa shape index (κ3) is 5.87. The molecule has 0 heterocycles. The van der Waals surface area contributed by atoms with Gasteiger partial charge in [0.2, 0.25) is 0 Å². The van der Waals surface area contributed by atoms with E-state index in [0.29, 0.717) is 6.42 Å². The van der Waals surface area contributed by atoms with E-state index in [9.17, 15) is 0 Å². The zero-order valence-corrected chi connectivity index (χ0v) is 7.64. The number of hydrogen-bond donors (Lipinski definition) is 0. The molecule has 64 valence electrons. The van der Waals surface area contributed by atoms with Gasteiger partial charge < -0.3 is 4.90 Å². The SMILES string of the molecule is CCCCN(CC)CCC#N. The molecule has 0 spiro atoms. The summed E-state index contributed by atoms with van der Waals surface area (Å²) in [5.74, 6) is 0. The van der Waals surface area contributed by atoms with Crippen molar-refractivity contribution in [2.24, 2.45) is 0 Å². The van der Waals surface area contributed by atoms with Crippen molar-refractivity contribution in [2.75, 3.05) is 19.6 Å². The van der Waals surface area contributed by atoms with Gasteiger partial charge in [0.05, 0.1) is 6.07 Å². The fourth-order valence-corrected chi connectivity index (χ4v) is 1.02. The molecule has 0 unspecified atom stereocenters. The van der Waals surface area contributed by atoms with E-state index < -0.39 is 0 Å². The Bertz CT molecular complexity index is 115. The van der Waals surface area contributed by atoms with Crippen molar-refractivity contribution in [1.29, 1.82) is 5.26 Å². The first-order chi connectivity index (χ1) is 5.35. The maximum atomic E-state index is 8.36. The van der Waals surface area contributed by atoms with Gasteiger partial charge in [-0.05, 0) is 19.5 Å². The first kappa shape index (κ1) is 10.4. The average molecular weight is 154 g/mol. The quantitative estimate of drug-likeness (QED) is 0.585. The number of unbranched alkanes of at least 4 members (excludes halogenated alkanes) is 1. The Kier molecular flexibility index (Phi) is 7.18. The molecular weight excluding hydrogens is 136 g/mol. The molecule has 0 aromatic carbocycles. The summed E-state index contributed by atoms with van der Waals surface area (Å²) in [6, 6.07) is 2.17. The lowest BCUT2D eigenvalue weighted by molar-refractivity contribution is 0.290. The predicted molar refractivity (Wildman–Crippen MR) is 47.3 cm³/mol. The van der Waals surface area contributed by atoms with E-state index in [2.05, 4.69) is 24.8 Å². The first-order valence-corrected chi connectivity index (χ1v) is 4.44. The zero-order chi connectivity index (χ0) is 8.53. The van der Waals surface area contributed by atoms with Crippen LogP contribution >= 0.6 is 0 Å². The number of nitrogens with zero attached hydrogens (tertiary/aromatic N) is 2. The second kappa shape index (κ2) is 7.56. The molecule has 0 aromatic heterocycles. The summed E-state index contributed by atoms with van der Waals surface area (Å²) in [5, 5.41) is 8.36. The monoisotopic (exact) mass is 154 g/mol. The maximum absolute atomic E-state index is 8.36. The van der Waals surface area contributed by atoms with Crippen molar-refractivity contribution in [3.8, 4) is 6.07 Å². The van der Waals surface area contributed by atoms with Gasteiger partial charge in [-0.2, -0.15) is 5.26 Å². The molecule has 0 aliphatic carbocycles. The molecule has 0 aliphatic heterocycles. The van der Waals surface area contributed by atoms with Crippen LogP contribution in [0.25, 0.3) is 0 Å². The Hall–Kier alpha value is -0.550. The fraction of sp³-hybridized carbons (Fsp3) is 0.889. The molecule has 0 fully saturated rings. The molecule has 2 nitrogen and oxygen atoms in total. The van der Waals surface area contributed by atoms with E-state index in [1.54, 1.807) is 0 Å². The van der Waals surface area contributed by atoms with Crippen LogP contribution in [0.5, 0.6) is 0 Å². The molecule has 0 bridgehead atoms. The Morgan fingerprint density at radius 2 is 2.00 bits per heavy atom. The summed E-state index contributed by atoms with van der Waals surface area (Å²) < 4.78 is 0. The van der Waals surface area contributed by atoms with Crippen molar-refractivity contribution in [2.45, 2.75) is 33.1 Å². The topological polar surface area (TPSA) is 27.0 Å². The highest BCUT2D eigenvalue weighted by atomic mass is 15.1. The summed E-state index contributed by atoms with van der Waals surface area (Å²) in [5.41, 5.74) is 0. The summed E-state index contributed by atoms with van der Waals surface area (Å²) in [7, 11) is 0. The smallest absolute Gasteiger partial charge is 0.0635 e. The Balaban J connectivity index is 3.34. The van der Waals surface area contributed by atoms with E-state index in [-0.39, 0.29) is 0 Å². The van der Waals surface area contributed by atoms with Crippen molar-refractivity contribution in [3.05, 3.63) is 0 Å². The molecule has 0 N–H and O–H groups in total. The van der Waals surface area contributed by atoms with Crippen LogP contribution in [0.4, 0.5) is 0 Å².